The highest BCUT2D eigenvalue weighted by Crippen LogP contribution is 2.39. The fourth-order valence-corrected chi connectivity index (χ4v) is 7.11. The van der Waals surface area contributed by atoms with Crippen molar-refractivity contribution in [1.82, 2.24) is 19.8 Å². The maximum absolute atomic E-state index is 12.8. The molecule has 2 aliphatic heterocycles. The number of nitrogens with zero attached hydrogens (tertiary/aromatic N) is 2. The Hall–Kier alpha value is -4.54. The van der Waals surface area contributed by atoms with Crippen LogP contribution in [0.1, 0.15) is 66.9 Å². The molecule has 2 aliphatic rings. The van der Waals surface area contributed by atoms with Crippen LogP contribution in [0.3, 0.4) is 0 Å². The quantitative estimate of drug-likeness (QED) is 0.181. The number of aromatic nitrogens is 2. The van der Waals surface area contributed by atoms with Crippen LogP contribution in [0, 0.1) is 0 Å². The number of para-hydroxylation sites is 2. The third-order valence-electron chi connectivity index (χ3n) is 9.66. The lowest BCUT2D eigenvalue weighted by Crippen LogP contribution is -2.43. The molecule has 9 heteroatoms. The second kappa shape index (κ2) is 14.3. The summed E-state index contributed by atoms with van der Waals surface area (Å²) < 4.78 is 15.2. The van der Waals surface area contributed by atoms with Crippen LogP contribution in [-0.2, 0) is 27.4 Å². The average molecular weight is 647 g/mol. The number of imidazole rings is 1. The summed E-state index contributed by atoms with van der Waals surface area (Å²) in [6.07, 6.45) is 1.73. The Labute approximate surface area is 280 Å². The summed E-state index contributed by atoms with van der Waals surface area (Å²) in [4.78, 5) is 29.8. The second-order valence-electron chi connectivity index (χ2n) is 12.9. The summed E-state index contributed by atoms with van der Waals surface area (Å²) in [7, 11) is 0. The molecule has 2 fully saturated rings. The smallest absolute Gasteiger partial charge is 0.326 e. The average Bonchev–Trinajstić information content (AvgIpc) is 3.46. The Morgan fingerprint density at radius 1 is 0.896 bits per heavy atom. The number of carbonyl (C=O) groups is 1. The van der Waals surface area contributed by atoms with Crippen LogP contribution in [0.25, 0.3) is 22.2 Å². The van der Waals surface area contributed by atoms with Gasteiger partial charge in [-0.15, -0.1) is 0 Å². The predicted octanol–water partition coefficient (Wildman–Crippen LogP) is 6.01. The van der Waals surface area contributed by atoms with Crippen molar-refractivity contribution in [3.05, 3.63) is 130 Å². The van der Waals surface area contributed by atoms with Gasteiger partial charge in [0.05, 0.1) is 29.8 Å². The zero-order chi connectivity index (χ0) is 33.0. The van der Waals surface area contributed by atoms with Crippen LogP contribution in [0.5, 0.6) is 0 Å². The van der Waals surface area contributed by atoms with Gasteiger partial charge in [0, 0.05) is 51.1 Å². The van der Waals surface area contributed by atoms with Crippen LogP contribution in [0.2, 0.25) is 0 Å². The molecule has 1 aromatic heterocycles. The monoisotopic (exact) mass is 646 g/mol. The minimum Gasteiger partial charge on any atom is -0.392 e. The molecule has 1 amide bonds. The Morgan fingerprint density at radius 2 is 1.60 bits per heavy atom. The Kier molecular flexibility index (Phi) is 9.54. The fourth-order valence-electron chi connectivity index (χ4n) is 7.11. The number of fused-ring (bicyclic) bond motifs is 1. The highest BCUT2D eigenvalue weighted by Gasteiger charge is 2.34. The van der Waals surface area contributed by atoms with E-state index in [9.17, 15) is 14.7 Å². The maximum atomic E-state index is 12.8. The van der Waals surface area contributed by atoms with E-state index in [1.807, 2.05) is 71.3 Å². The first-order valence-corrected chi connectivity index (χ1v) is 16.8. The van der Waals surface area contributed by atoms with Crippen molar-refractivity contribution in [2.75, 3.05) is 19.6 Å². The number of hydrogen-bond donors (Lipinski definition) is 3. The number of aliphatic hydroxyl groups excluding tert-OH is 1. The van der Waals surface area contributed by atoms with Gasteiger partial charge >= 0.3 is 5.69 Å². The third kappa shape index (κ3) is 7.00. The van der Waals surface area contributed by atoms with Gasteiger partial charge in [-0.05, 0) is 52.8 Å². The van der Waals surface area contributed by atoms with E-state index < -0.39 is 6.29 Å². The van der Waals surface area contributed by atoms with Gasteiger partial charge in [0.2, 0.25) is 5.91 Å². The second-order valence-corrected chi connectivity index (χ2v) is 12.9. The van der Waals surface area contributed by atoms with Gasteiger partial charge in [-0.3, -0.25) is 9.36 Å². The normalized spacial score (nSPS) is 20.6. The van der Waals surface area contributed by atoms with Gasteiger partial charge in [0.25, 0.3) is 0 Å². The predicted molar refractivity (Wildman–Crippen MR) is 185 cm³/mol. The summed E-state index contributed by atoms with van der Waals surface area (Å²) in [5, 5.41) is 12.5. The minimum absolute atomic E-state index is 0.00108. The van der Waals surface area contributed by atoms with E-state index in [0.717, 1.165) is 76.9 Å². The minimum atomic E-state index is -0.544. The van der Waals surface area contributed by atoms with E-state index in [1.165, 1.54) is 6.92 Å². The molecule has 7 rings (SSSR count). The topological polar surface area (TPSA) is 109 Å². The molecule has 4 aromatic carbocycles. The molecule has 0 saturated carbocycles. The van der Waals surface area contributed by atoms with Crippen molar-refractivity contribution in [2.24, 2.45) is 0 Å². The van der Waals surface area contributed by atoms with Crippen LogP contribution in [0.15, 0.2) is 102 Å². The van der Waals surface area contributed by atoms with E-state index in [0.29, 0.717) is 13.0 Å². The molecule has 0 bridgehead atoms. The summed E-state index contributed by atoms with van der Waals surface area (Å²) in [5.41, 5.74) is 7.86. The Balaban J connectivity index is 1.07. The number of H-pyrrole nitrogens is 1. The third-order valence-corrected chi connectivity index (χ3v) is 9.66. The summed E-state index contributed by atoms with van der Waals surface area (Å²) in [6, 6.07) is 32.4. The highest BCUT2D eigenvalue weighted by atomic mass is 16.7. The number of rotatable bonds is 9. The number of benzene rings is 4. The Bertz CT molecular complexity index is 1910. The molecule has 0 unspecified atom stereocenters. The number of likely N-dealkylation sites (tertiary alicyclic amines) is 1. The molecule has 9 nitrogen and oxygen atoms in total. The maximum Gasteiger partial charge on any atom is 0.326 e. The Morgan fingerprint density at radius 3 is 2.35 bits per heavy atom. The zero-order valence-corrected chi connectivity index (χ0v) is 27.2. The van der Waals surface area contributed by atoms with Gasteiger partial charge in [-0.25, -0.2) is 4.79 Å². The SMILES string of the molecule is CC(=O)NCc1ccccc1-c1ccc([C@H]2O[C@@H](CN3CCC(n4c(=O)[nH]c5ccccc54)CC3)C[C@@H](c3ccc(CO)cc3)O2)cc1. The van der Waals surface area contributed by atoms with Crippen molar-refractivity contribution >= 4 is 16.9 Å². The lowest BCUT2D eigenvalue weighted by atomic mass is 9.97. The number of aromatic amines is 1. The van der Waals surface area contributed by atoms with Gasteiger partial charge in [-0.1, -0.05) is 84.9 Å². The van der Waals surface area contributed by atoms with Crippen LogP contribution in [-0.4, -0.2) is 51.2 Å². The molecule has 3 atom stereocenters. The lowest BCUT2D eigenvalue weighted by molar-refractivity contribution is -0.253. The molecule has 0 aliphatic carbocycles. The van der Waals surface area contributed by atoms with E-state index in [4.69, 9.17) is 9.47 Å². The number of hydrogen-bond acceptors (Lipinski definition) is 6. The molecule has 48 heavy (non-hydrogen) atoms. The number of carbonyl (C=O) groups excluding carboxylic acids is 1. The van der Waals surface area contributed by atoms with Crippen LogP contribution in [0.4, 0.5) is 0 Å². The zero-order valence-electron chi connectivity index (χ0n) is 27.2. The number of aliphatic hydroxyl groups is 1. The molecule has 3 N–H and O–H groups in total. The van der Waals surface area contributed by atoms with Crippen molar-refractivity contribution in [3.63, 3.8) is 0 Å². The summed E-state index contributed by atoms with van der Waals surface area (Å²) in [5.74, 6) is -0.0593. The lowest BCUT2D eigenvalue weighted by Gasteiger charge is -2.40. The van der Waals surface area contributed by atoms with Gasteiger partial charge < -0.3 is 29.8 Å². The number of piperidine rings is 1. The van der Waals surface area contributed by atoms with E-state index in [1.54, 1.807) is 0 Å². The summed E-state index contributed by atoms with van der Waals surface area (Å²) >= 11 is 0. The first kappa shape index (κ1) is 32.0. The number of amides is 1. The standard InChI is InChI=1S/C39H42N4O5/c1-26(45)40-23-31-6-2-3-7-34(31)28-14-16-30(17-15-28)38-47-33(22-37(48-38)29-12-10-27(25-44)11-13-29)24-42-20-18-32(19-21-42)43-36-9-5-4-8-35(36)41-39(43)46/h2-17,32-33,37-38,44H,18-25H2,1H3,(H,40,45)(H,41,46)/t33-,37+,38+/m1/s1. The molecular weight excluding hydrogens is 604 g/mol. The molecule has 3 heterocycles. The van der Waals surface area contributed by atoms with Gasteiger partial charge in [0.1, 0.15) is 0 Å². The van der Waals surface area contributed by atoms with Gasteiger partial charge in [-0.2, -0.15) is 0 Å². The molecule has 0 radical (unpaired) electrons. The van der Waals surface area contributed by atoms with E-state index in [-0.39, 0.29) is 36.5 Å². The molecule has 5 aromatic rings. The van der Waals surface area contributed by atoms with Crippen molar-refractivity contribution in [2.45, 2.75) is 63.9 Å². The molecule has 248 valence electrons. The number of nitrogens with one attached hydrogen (secondary N) is 2. The van der Waals surface area contributed by atoms with E-state index >= 15 is 0 Å². The summed E-state index contributed by atoms with van der Waals surface area (Å²) in [6.45, 7) is 4.53. The largest absolute Gasteiger partial charge is 0.392 e. The molecule has 2 saturated heterocycles. The van der Waals surface area contributed by atoms with Crippen LogP contribution >= 0.6 is 0 Å². The first-order valence-electron chi connectivity index (χ1n) is 16.8. The fraction of sp³-hybridized carbons (Fsp3) is 0.333. The van der Waals surface area contributed by atoms with Gasteiger partial charge in [0.15, 0.2) is 6.29 Å². The van der Waals surface area contributed by atoms with E-state index in [2.05, 4.69) is 45.5 Å². The van der Waals surface area contributed by atoms with Crippen molar-refractivity contribution in [1.29, 1.82) is 0 Å². The highest BCUT2D eigenvalue weighted by molar-refractivity contribution is 5.75. The molecular formula is C39H42N4O5. The number of ether oxygens (including phenoxy) is 2. The van der Waals surface area contributed by atoms with Crippen molar-refractivity contribution < 1.29 is 19.4 Å². The first-order chi connectivity index (χ1) is 23.4. The van der Waals surface area contributed by atoms with Crippen molar-refractivity contribution in [3.8, 4) is 11.1 Å². The van der Waals surface area contributed by atoms with Crippen LogP contribution < -0.4 is 11.0 Å². The molecule has 0 spiro atoms.